The van der Waals surface area contributed by atoms with E-state index in [1.54, 1.807) is 33.8 Å². The molecular formula is C23H28F3IN4O4S. The predicted molar refractivity (Wildman–Crippen MR) is 142 cm³/mol. The van der Waals surface area contributed by atoms with Gasteiger partial charge in [-0.05, 0) is 80.6 Å². The highest BCUT2D eigenvalue weighted by atomic mass is 127. The zero-order chi connectivity index (χ0) is 27.0. The first kappa shape index (κ1) is 29.7. The maximum Gasteiger partial charge on any atom is 0.410 e. The van der Waals surface area contributed by atoms with Gasteiger partial charge in [0.15, 0.2) is 11.6 Å². The number of nitrogens with zero attached hydrogens (tertiary/aromatic N) is 2. The fraction of sp³-hybridized carbons (Fsp3) is 0.391. The van der Waals surface area contributed by atoms with Crippen molar-refractivity contribution in [1.82, 2.24) is 9.91 Å². The highest BCUT2D eigenvalue weighted by Gasteiger charge is 2.22. The molecule has 2 rings (SSSR count). The van der Waals surface area contributed by atoms with Crippen molar-refractivity contribution in [2.24, 2.45) is 0 Å². The molecule has 0 heterocycles. The fourth-order valence-electron chi connectivity index (χ4n) is 2.95. The van der Waals surface area contributed by atoms with Crippen molar-refractivity contribution in [1.29, 1.82) is 0 Å². The highest BCUT2D eigenvalue weighted by molar-refractivity contribution is 14.1. The van der Waals surface area contributed by atoms with Crippen LogP contribution >= 0.6 is 22.6 Å². The second-order valence-electron chi connectivity index (χ2n) is 8.58. The number of benzene rings is 2. The van der Waals surface area contributed by atoms with Crippen molar-refractivity contribution < 1.29 is 31.1 Å². The van der Waals surface area contributed by atoms with Gasteiger partial charge in [-0.25, -0.2) is 23.0 Å². The van der Waals surface area contributed by atoms with Crippen LogP contribution in [0.5, 0.6) is 0 Å². The maximum absolute atomic E-state index is 14.8. The number of rotatable bonds is 10. The first-order chi connectivity index (χ1) is 16.8. The second kappa shape index (κ2) is 13.1. The molecule has 0 spiro atoms. The minimum Gasteiger partial charge on any atom is -0.444 e. The van der Waals surface area contributed by atoms with E-state index < -0.39 is 39.4 Å². The molecule has 13 heteroatoms. The first-order valence-corrected chi connectivity index (χ1v) is 13.1. The van der Waals surface area contributed by atoms with Crippen LogP contribution in [0.25, 0.3) is 0 Å². The van der Waals surface area contributed by atoms with Crippen molar-refractivity contribution in [2.45, 2.75) is 33.3 Å². The molecule has 2 aromatic rings. The summed E-state index contributed by atoms with van der Waals surface area (Å²) in [4.78, 5) is 13.9. The summed E-state index contributed by atoms with van der Waals surface area (Å²) in [5.74, 6) is -3.08. The zero-order valence-electron chi connectivity index (χ0n) is 20.2. The lowest BCUT2D eigenvalue weighted by molar-refractivity contribution is 0.0249. The number of hydrogen-bond donors (Lipinski definition) is 2. The summed E-state index contributed by atoms with van der Waals surface area (Å²) < 4.78 is 71.4. The lowest BCUT2D eigenvalue weighted by atomic mass is 10.2. The Morgan fingerprint density at radius 1 is 1.08 bits per heavy atom. The van der Waals surface area contributed by atoms with E-state index in [0.717, 1.165) is 11.4 Å². The SMILES string of the molecule is CCN(CCN(CC=S(=O)=O)Nc1ccc(F)c(F)c1Nc1ccc(I)cc1F)C(=O)OC(C)(C)C. The van der Waals surface area contributed by atoms with Crippen LogP contribution in [0.2, 0.25) is 0 Å². The number of likely N-dealkylation sites (N-methyl/N-ethyl adjacent to an activating group) is 1. The molecule has 0 aliphatic carbocycles. The molecule has 1 amide bonds. The van der Waals surface area contributed by atoms with Crippen LogP contribution in [-0.4, -0.2) is 61.6 Å². The van der Waals surface area contributed by atoms with Crippen molar-refractivity contribution in [2.75, 3.05) is 36.9 Å². The van der Waals surface area contributed by atoms with Gasteiger partial charge in [0.25, 0.3) is 0 Å². The van der Waals surface area contributed by atoms with E-state index in [1.165, 1.54) is 28.1 Å². The van der Waals surface area contributed by atoms with Gasteiger partial charge in [-0.15, -0.1) is 0 Å². The number of carbonyl (C=O) groups is 1. The van der Waals surface area contributed by atoms with E-state index in [1.807, 2.05) is 22.6 Å². The number of anilines is 3. The minimum atomic E-state index is -2.49. The van der Waals surface area contributed by atoms with Gasteiger partial charge in [-0.1, -0.05) is 0 Å². The Balaban J connectivity index is 2.32. The third kappa shape index (κ3) is 9.17. The summed E-state index contributed by atoms with van der Waals surface area (Å²) in [5, 5.41) is 4.92. The van der Waals surface area contributed by atoms with E-state index in [4.69, 9.17) is 4.74 Å². The number of ether oxygens (including phenoxy) is 1. The lowest BCUT2D eigenvalue weighted by Gasteiger charge is -2.30. The summed E-state index contributed by atoms with van der Waals surface area (Å²) in [6, 6.07) is 6.33. The topological polar surface area (TPSA) is 91.0 Å². The van der Waals surface area contributed by atoms with Gasteiger partial charge < -0.3 is 20.4 Å². The average molecular weight is 640 g/mol. The Hall–Kier alpha value is -2.52. The van der Waals surface area contributed by atoms with Crippen LogP contribution in [0.15, 0.2) is 30.3 Å². The van der Waals surface area contributed by atoms with Crippen LogP contribution in [0.4, 0.5) is 35.0 Å². The number of amides is 1. The zero-order valence-corrected chi connectivity index (χ0v) is 23.2. The summed E-state index contributed by atoms with van der Waals surface area (Å²) in [7, 11) is -2.49. The number of halogens is 4. The second-order valence-corrected chi connectivity index (χ2v) is 10.7. The summed E-state index contributed by atoms with van der Waals surface area (Å²) in [5.41, 5.74) is 1.72. The molecule has 2 N–H and O–H groups in total. The summed E-state index contributed by atoms with van der Waals surface area (Å²) >= 11 is 1.92. The quantitative estimate of drug-likeness (QED) is 0.214. The van der Waals surface area contributed by atoms with Gasteiger partial charge >= 0.3 is 6.09 Å². The van der Waals surface area contributed by atoms with Crippen LogP contribution in [-0.2, 0) is 15.0 Å². The lowest BCUT2D eigenvalue weighted by Crippen LogP contribution is -2.43. The Kier molecular flexibility index (Phi) is 10.8. The normalized spacial score (nSPS) is 11.2. The Bertz CT molecular complexity index is 1210. The number of nitrogens with one attached hydrogen (secondary N) is 2. The number of hydrogen-bond acceptors (Lipinski definition) is 7. The van der Waals surface area contributed by atoms with Crippen molar-refractivity contribution in [3.63, 3.8) is 0 Å². The van der Waals surface area contributed by atoms with Gasteiger partial charge in [-0.2, -0.15) is 8.42 Å². The van der Waals surface area contributed by atoms with E-state index in [0.29, 0.717) is 10.1 Å². The smallest absolute Gasteiger partial charge is 0.410 e. The monoisotopic (exact) mass is 640 g/mol. The van der Waals surface area contributed by atoms with Gasteiger partial charge in [0, 0.05) is 23.2 Å². The standard InChI is InChI=1S/C23H28F3IN4O4S/c1-5-30(22(32)35-23(2,3)4)10-11-31(12-13-36(33)34)29-19-9-7-16(24)20(26)21(19)28-18-8-6-15(27)14-17(18)25/h6-9,13-14,28-29H,5,10-12H2,1-4H3. The maximum atomic E-state index is 14.8. The Labute approximate surface area is 223 Å². The van der Waals surface area contributed by atoms with Crippen molar-refractivity contribution in [3.8, 4) is 0 Å². The molecule has 0 saturated carbocycles. The molecule has 0 aliphatic rings. The molecule has 0 fully saturated rings. The van der Waals surface area contributed by atoms with E-state index in [2.05, 4.69) is 10.7 Å². The Morgan fingerprint density at radius 2 is 1.75 bits per heavy atom. The van der Waals surface area contributed by atoms with Crippen LogP contribution in [0.3, 0.4) is 0 Å². The van der Waals surface area contributed by atoms with Crippen molar-refractivity contribution in [3.05, 3.63) is 51.4 Å². The third-order valence-corrected chi connectivity index (χ3v) is 5.76. The van der Waals surface area contributed by atoms with E-state index >= 15 is 0 Å². The number of hydrazine groups is 1. The number of carbonyl (C=O) groups excluding carboxylic acids is 1. The highest BCUT2D eigenvalue weighted by Crippen LogP contribution is 2.32. The first-order valence-electron chi connectivity index (χ1n) is 10.9. The van der Waals surface area contributed by atoms with Crippen LogP contribution in [0, 0.1) is 21.0 Å². The Morgan fingerprint density at radius 3 is 2.33 bits per heavy atom. The minimum absolute atomic E-state index is 0.0252. The summed E-state index contributed by atoms with van der Waals surface area (Å²) in [6.07, 6.45) is -0.550. The molecule has 0 aliphatic heterocycles. The third-order valence-electron chi connectivity index (χ3n) is 4.67. The van der Waals surface area contributed by atoms with E-state index in [-0.39, 0.29) is 36.7 Å². The molecule has 2 aromatic carbocycles. The van der Waals surface area contributed by atoms with Crippen molar-refractivity contribution >= 4 is 61.4 Å². The molecule has 0 unspecified atom stereocenters. The molecule has 8 nitrogen and oxygen atoms in total. The molecule has 0 bridgehead atoms. The van der Waals surface area contributed by atoms with Gasteiger partial charge in [-0.3, -0.25) is 0 Å². The van der Waals surface area contributed by atoms with Gasteiger partial charge in [0.1, 0.15) is 17.1 Å². The molecule has 36 heavy (non-hydrogen) atoms. The fourth-order valence-corrected chi connectivity index (χ4v) is 3.71. The molecule has 0 radical (unpaired) electrons. The van der Waals surface area contributed by atoms with Gasteiger partial charge in [0.2, 0.25) is 10.3 Å². The van der Waals surface area contributed by atoms with Crippen LogP contribution < -0.4 is 10.7 Å². The van der Waals surface area contributed by atoms with E-state index in [9.17, 15) is 26.4 Å². The molecule has 0 aromatic heterocycles. The summed E-state index contributed by atoms with van der Waals surface area (Å²) in [6.45, 7) is 7.36. The molecule has 0 atom stereocenters. The van der Waals surface area contributed by atoms with Gasteiger partial charge in [0.05, 0.1) is 23.3 Å². The van der Waals surface area contributed by atoms with Crippen LogP contribution in [0.1, 0.15) is 27.7 Å². The average Bonchev–Trinajstić information content (AvgIpc) is 2.77. The predicted octanol–water partition coefficient (Wildman–Crippen LogP) is 5.02. The molecule has 198 valence electrons. The molecular weight excluding hydrogens is 612 g/mol. The molecule has 0 saturated heterocycles. The largest absolute Gasteiger partial charge is 0.444 e.